The average Bonchev–Trinajstić information content (AvgIpc) is 2.64. The second-order valence-corrected chi connectivity index (χ2v) is 8.68. The highest BCUT2D eigenvalue weighted by Crippen LogP contribution is 2.37. The largest absolute Gasteiger partial charge is 0.484 e. The molecule has 1 atom stereocenters. The Labute approximate surface area is 167 Å². The van der Waals surface area contributed by atoms with Crippen LogP contribution in [-0.2, 0) is 20.7 Å². The van der Waals surface area contributed by atoms with Crippen LogP contribution < -0.4 is 10.1 Å². The number of benzene rings is 1. The summed E-state index contributed by atoms with van der Waals surface area (Å²) in [6, 6.07) is 7.32. The van der Waals surface area contributed by atoms with E-state index in [4.69, 9.17) is 14.6 Å². The van der Waals surface area contributed by atoms with Gasteiger partial charge in [-0.05, 0) is 54.7 Å². The van der Waals surface area contributed by atoms with E-state index in [-0.39, 0.29) is 25.0 Å². The smallest absolute Gasteiger partial charge is 0.333 e. The minimum Gasteiger partial charge on any atom is -0.484 e. The van der Waals surface area contributed by atoms with Crippen LogP contribution in [0.3, 0.4) is 0 Å². The number of hydrogen-bond donors (Lipinski definition) is 2. The first kappa shape index (κ1) is 22.2. The van der Waals surface area contributed by atoms with Crippen LogP contribution >= 0.6 is 0 Å². The maximum atomic E-state index is 12.2. The van der Waals surface area contributed by atoms with Crippen molar-refractivity contribution >= 4 is 11.9 Å². The second-order valence-electron chi connectivity index (χ2n) is 8.68. The highest BCUT2D eigenvalue weighted by atomic mass is 16.5. The Bertz CT molecular complexity index is 659. The molecule has 1 saturated carbocycles. The molecule has 1 aromatic carbocycles. The number of methoxy groups -OCH3 is 1. The Morgan fingerprint density at radius 3 is 2.46 bits per heavy atom. The van der Waals surface area contributed by atoms with Gasteiger partial charge in [0.2, 0.25) is 0 Å². The number of amides is 1. The van der Waals surface area contributed by atoms with Gasteiger partial charge in [0.25, 0.3) is 5.91 Å². The van der Waals surface area contributed by atoms with E-state index in [0.717, 1.165) is 31.2 Å². The fourth-order valence-electron chi connectivity index (χ4n) is 3.77. The fourth-order valence-corrected chi connectivity index (χ4v) is 3.77. The van der Waals surface area contributed by atoms with Crippen LogP contribution in [0.5, 0.6) is 5.75 Å². The molecule has 1 aliphatic rings. The van der Waals surface area contributed by atoms with Gasteiger partial charge in [0.1, 0.15) is 5.75 Å². The molecule has 0 radical (unpaired) electrons. The van der Waals surface area contributed by atoms with E-state index in [1.807, 2.05) is 6.07 Å². The van der Waals surface area contributed by atoms with E-state index in [0.29, 0.717) is 17.1 Å². The first-order valence-electron chi connectivity index (χ1n) is 9.95. The Morgan fingerprint density at radius 2 is 1.89 bits per heavy atom. The molecule has 0 aromatic heterocycles. The minimum absolute atomic E-state index is 0.0463. The Morgan fingerprint density at radius 1 is 1.21 bits per heavy atom. The van der Waals surface area contributed by atoms with Gasteiger partial charge in [-0.2, -0.15) is 0 Å². The molecule has 0 spiro atoms. The third-order valence-corrected chi connectivity index (χ3v) is 5.57. The third kappa shape index (κ3) is 6.82. The van der Waals surface area contributed by atoms with Crippen molar-refractivity contribution in [1.82, 2.24) is 5.32 Å². The van der Waals surface area contributed by atoms with E-state index in [1.54, 1.807) is 18.2 Å². The first-order chi connectivity index (χ1) is 13.2. The number of carbonyl (C=O) groups excluding carboxylic acids is 1. The van der Waals surface area contributed by atoms with Gasteiger partial charge in [-0.1, -0.05) is 32.9 Å². The van der Waals surface area contributed by atoms with Gasteiger partial charge >= 0.3 is 5.97 Å². The quantitative estimate of drug-likeness (QED) is 0.709. The van der Waals surface area contributed by atoms with Crippen LogP contribution in [0.1, 0.15) is 52.0 Å². The van der Waals surface area contributed by atoms with Crippen molar-refractivity contribution < 1.29 is 24.2 Å². The molecule has 0 aliphatic heterocycles. The molecular weight excluding hydrogens is 358 g/mol. The van der Waals surface area contributed by atoms with Crippen molar-refractivity contribution in [3.05, 3.63) is 29.8 Å². The molecule has 1 aliphatic carbocycles. The van der Waals surface area contributed by atoms with E-state index in [2.05, 4.69) is 26.1 Å². The highest BCUT2D eigenvalue weighted by Gasteiger charge is 2.30. The fraction of sp³-hybridized carbons (Fsp3) is 0.636. The summed E-state index contributed by atoms with van der Waals surface area (Å²) in [6.07, 6.45) is 3.64. The van der Waals surface area contributed by atoms with Gasteiger partial charge in [-0.3, -0.25) is 4.79 Å². The molecule has 6 heteroatoms. The number of carbonyl (C=O) groups is 2. The van der Waals surface area contributed by atoms with Crippen molar-refractivity contribution in [2.45, 2.75) is 65.0 Å². The minimum atomic E-state index is -1.01. The van der Waals surface area contributed by atoms with Crippen LogP contribution in [0, 0.1) is 11.3 Å². The number of hydrogen-bond acceptors (Lipinski definition) is 4. The predicted octanol–water partition coefficient (Wildman–Crippen LogP) is 3.43. The molecule has 0 heterocycles. The van der Waals surface area contributed by atoms with E-state index in [1.165, 1.54) is 7.11 Å². The van der Waals surface area contributed by atoms with E-state index >= 15 is 0 Å². The zero-order chi connectivity index (χ0) is 20.7. The van der Waals surface area contributed by atoms with Crippen molar-refractivity contribution in [1.29, 1.82) is 0 Å². The summed E-state index contributed by atoms with van der Waals surface area (Å²) in [7, 11) is 1.37. The lowest BCUT2D eigenvalue weighted by Gasteiger charge is -2.37. The number of carboxylic acid groups (broad SMARTS) is 1. The topological polar surface area (TPSA) is 84.9 Å². The van der Waals surface area contributed by atoms with Crippen LogP contribution in [0.15, 0.2) is 24.3 Å². The van der Waals surface area contributed by atoms with Crippen LogP contribution in [0.25, 0.3) is 0 Å². The van der Waals surface area contributed by atoms with Gasteiger partial charge in [-0.25, -0.2) is 4.79 Å². The molecule has 1 amide bonds. The molecule has 0 saturated heterocycles. The van der Waals surface area contributed by atoms with Crippen molar-refractivity contribution in [3.8, 4) is 5.75 Å². The third-order valence-electron chi connectivity index (χ3n) is 5.57. The number of aliphatic carboxylic acids is 1. The summed E-state index contributed by atoms with van der Waals surface area (Å²) in [4.78, 5) is 23.3. The Hall–Kier alpha value is -2.08. The standard InChI is InChI=1S/C22H33NO5/c1-22(2,3)16-8-10-17(11-9-16)23-20(24)14-28-18-7-5-6-15(12-18)13-19(27-4)21(25)26/h5-7,12,16-17,19H,8-11,13-14H2,1-4H3,(H,23,24)(H,25,26)/t16-,17+,19?. The lowest BCUT2D eigenvalue weighted by molar-refractivity contribution is -0.148. The van der Waals surface area contributed by atoms with Gasteiger partial charge in [0, 0.05) is 19.6 Å². The molecule has 1 unspecified atom stereocenters. The highest BCUT2D eigenvalue weighted by molar-refractivity contribution is 5.77. The van der Waals surface area contributed by atoms with Crippen LogP contribution in [-0.4, -0.2) is 42.8 Å². The zero-order valence-electron chi connectivity index (χ0n) is 17.4. The molecular formula is C22H33NO5. The summed E-state index contributed by atoms with van der Waals surface area (Å²) in [6.45, 7) is 6.80. The van der Waals surface area contributed by atoms with Gasteiger partial charge < -0.3 is 19.9 Å². The van der Waals surface area contributed by atoms with Crippen molar-refractivity contribution in [2.24, 2.45) is 11.3 Å². The molecule has 6 nitrogen and oxygen atoms in total. The molecule has 2 rings (SSSR count). The van der Waals surface area contributed by atoms with Gasteiger partial charge in [0.05, 0.1) is 0 Å². The summed E-state index contributed by atoms with van der Waals surface area (Å²) in [5.74, 6) is 0.130. The number of carboxylic acids is 1. The summed E-state index contributed by atoms with van der Waals surface area (Å²) < 4.78 is 10.6. The maximum Gasteiger partial charge on any atom is 0.333 e. The lowest BCUT2D eigenvalue weighted by Crippen LogP contribution is -2.41. The van der Waals surface area contributed by atoms with E-state index in [9.17, 15) is 9.59 Å². The second kappa shape index (κ2) is 9.92. The van der Waals surface area contributed by atoms with Gasteiger partial charge in [0.15, 0.2) is 12.7 Å². The summed E-state index contributed by atoms with van der Waals surface area (Å²) in [5.41, 5.74) is 1.11. The normalized spacial score (nSPS) is 21.0. The summed E-state index contributed by atoms with van der Waals surface area (Å²) >= 11 is 0. The van der Waals surface area contributed by atoms with Crippen molar-refractivity contribution in [2.75, 3.05) is 13.7 Å². The number of ether oxygens (including phenoxy) is 2. The molecule has 0 bridgehead atoms. The summed E-state index contributed by atoms with van der Waals surface area (Å²) in [5, 5.41) is 12.2. The van der Waals surface area contributed by atoms with Crippen molar-refractivity contribution in [3.63, 3.8) is 0 Å². The molecule has 28 heavy (non-hydrogen) atoms. The first-order valence-corrected chi connectivity index (χ1v) is 9.95. The van der Waals surface area contributed by atoms with Gasteiger partial charge in [-0.15, -0.1) is 0 Å². The molecule has 1 fully saturated rings. The number of nitrogens with one attached hydrogen (secondary N) is 1. The lowest BCUT2D eigenvalue weighted by atomic mass is 9.71. The number of rotatable bonds is 8. The van der Waals surface area contributed by atoms with Crippen LogP contribution in [0.4, 0.5) is 0 Å². The molecule has 2 N–H and O–H groups in total. The van der Waals surface area contributed by atoms with E-state index < -0.39 is 12.1 Å². The zero-order valence-corrected chi connectivity index (χ0v) is 17.4. The maximum absolute atomic E-state index is 12.2. The SMILES string of the molecule is COC(Cc1cccc(OCC(=O)N[C@H]2CC[C@@H](C(C)(C)C)CC2)c1)C(=O)O. The Balaban J connectivity index is 1.79. The monoisotopic (exact) mass is 391 g/mol. The molecule has 156 valence electrons. The van der Waals surface area contributed by atoms with Crippen LogP contribution in [0.2, 0.25) is 0 Å². The predicted molar refractivity (Wildman–Crippen MR) is 107 cm³/mol. The average molecular weight is 392 g/mol. The molecule has 1 aromatic rings. The Kier molecular flexibility index (Phi) is 7.87.